The first-order valence-corrected chi connectivity index (χ1v) is 8.48. The van der Waals surface area contributed by atoms with E-state index in [1.54, 1.807) is 0 Å². The molecule has 0 radical (unpaired) electrons. The first-order valence-electron chi connectivity index (χ1n) is 8.48. The molecule has 2 unspecified atom stereocenters. The van der Waals surface area contributed by atoms with Crippen LogP contribution in [0.5, 0.6) is 0 Å². The minimum atomic E-state index is -0.617. The van der Waals surface area contributed by atoms with Crippen molar-refractivity contribution in [2.24, 2.45) is 11.8 Å². The van der Waals surface area contributed by atoms with Gasteiger partial charge in [0.2, 0.25) is 11.8 Å². The largest absolute Gasteiger partial charge is 0.467 e. The third kappa shape index (κ3) is 7.01. The quantitative estimate of drug-likeness (QED) is 0.689. The molecule has 23 heavy (non-hydrogen) atoms. The van der Waals surface area contributed by atoms with Crippen molar-refractivity contribution in [3.05, 3.63) is 0 Å². The second-order valence-corrected chi connectivity index (χ2v) is 6.87. The molecule has 6 heteroatoms. The molecule has 0 aliphatic carbocycles. The molecule has 0 aromatic rings. The summed E-state index contributed by atoms with van der Waals surface area (Å²) in [5.74, 6) is -0.279. The molecule has 2 amide bonds. The molecule has 0 saturated carbocycles. The van der Waals surface area contributed by atoms with E-state index < -0.39 is 12.0 Å². The molecule has 1 fully saturated rings. The monoisotopic (exact) mass is 326 g/mol. The van der Waals surface area contributed by atoms with Crippen molar-refractivity contribution in [1.29, 1.82) is 0 Å². The summed E-state index contributed by atoms with van der Waals surface area (Å²) in [5, 5.41) is 2.73. The van der Waals surface area contributed by atoms with Crippen molar-refractivity contribution in [3.63, 3.8) is 0 Å². The van der Waals surface area contributed by atoms with Crippen molar-refractivity contribution >= 4 is 17.8 Å². The van der Waals surface area contributed by atoms with Gasteiger partial charge in [0.25, 0.3) is 0 Å². The number of esters is 1. The van der Waals surface area contributed by atoms with Crippen LogP contribution in [0, 0.1) is 11.8 Å². The topological polar surface area (TPSA) is 75.7 Å². The molecule has 1 aliphatic rings. The third-order valence-corrected chi connectivity index (χ3v) is 4.04. The highest BCUT2D eigenvalue weighted by molar-refractivity contribution is 5.85. The summed E-state index contributed by atoms with van der Waals surface area (Å²) < 4.78 is 4.74. The van der Waals surface area contributed by atoms with Gasteiger partial charge in [-0.15, -0.1) is 0 Å². The molecular weight excluding hydrogens is 296 g/mol. The SMILES string of the molecule is COC(=O)C(CC(C)C)NC(=O)CC(C)CC(=O)N1CCCC1. The van der Waals surface area contributed by atoms with Gasteiger partial charge in [0.15, 0.2) is 0 Å². The van der Waals surface area contributed by atoms with Crippen LogP contribution in [-0.4, -0.2) is 48.9 Å². The van der Waals surface area contributed by atoms with E-state index in [9.17, 15) is 14.4 Å². The highest BCUT2D eigenvalue weighted by Gasteiger charge is 2.25. The number of hydrogen-bond acceptors (Lipinski definition) is 4. The smallest absolute Gasteiger partial charge is 0.328 e. The average Bonchev–Trinajstić information content (AvgIpc) is 2.99. The Morgan fingerprint density at radius 1 is 1.09 bits per heavy atom. The molecule has 0 spiro atoms. The Morgan fingerprint density at radius 3 is 2.22 bits per heavy atom. The summed E-state index contributed by atoms with van der Waals surface area (Å²) in [6.45, 7) is 7.52. The minimum absolute atomic E-state index is 0.0413. The van der Waals surface area contributed by atoms with Gasteiger partial charge in [-0.25, -0.2) is 4.79 Å². The van der Waals surface area contributed by atoms with Crippen molar-refractivity contribution in [2.45, 2.75) is 58.9 Å². The lowest BCUT2D eigenvalue weighted by molar-refractivity contribution is -0.145. The summed E-state index contributed by atoms with van der Waals surface area (Å²) >= 11 is 0. The lowest BCUT2D eigenvalue weighted by Crippen LogP contribution is -2.43. The molecule has 1 N–H and O–H groups in total. The molecule has 6 nitrogen and oxygen atoms in total. The van der Waals surface area contributed by atoms with E-state index in [0.717, 1.165) is 25.9 Å². The number of nitrogens with one attached hydrogen (secondary N) is 1. The van der Waals surface area contributed by atoms with Gasteiger partial charge >= 0.3 is 5.97 Å². The summed E-state index contributed by atoms with van der Waals surface area (Å²) in [5.41, 5.74) is 0. The number of rotatable bonds is 8. The van der Waals surface area contributed by atoms with Gasteiger partial charge in [0, 0.05) is 25.9 Å². The fourth-order valence-electron chi connectivity index (χ4n) is 2.86. The van der Waals surface area contributed by atoms with Crippen LogP contribution in [0.4, 0.5) is 0 Å². The second kappa shape index (κ2) is 9.53. The molecule has 132 valence electrons. The van der Waals surface area contributed by atoms with Crippen molar-refractivity contribution in [3.8, 4) is 0 Å². The molecule has 1 rings (SSSR count). The van der Waals surface area contributed by atoms with E-state index >= 15 is 0 Å². The highest BCUT2D eigenvalue weighted by atomic mass is 16.5. The van der Waals surface area contributed by atoms with Crippen LogP contribution in [0.15, 0.2) is 0 Å². The number of methoxy groups -OCH3 is 1. The Bertz CT molecular complexity index is 417. The normalized spacial score (nSPS) is 17.0. The summed E-state index contributed by atoms with van der Waals surface area (Å²) in [6.07, 6.45) is 3.29. The minimum Gasteiger partial charge on any atom is -0.467 e. The first-order chi connectivity index (χ1) is 10.8. The first kappa shape index (κ1) is 19.5. The Balaban J connectivity index is 2.43. The van der Waals surface area contributed by atoms with E-state index in [4.69, 9.17) is 4.74 Å². The van der Waals surface area contributed by atoms with Crippen LogP contribution < -0.4 is 5.32 Å². The van der Waals surface area contributed by atoms with Crippen LogP contribution in [0.2, 0.25) is 0 Å². The maximum Gasteiger partial charge on any atom is 0.328 e. The molecule has 1 heterocycles. The number of ether oxygens (including phenoxy) is 1. The van der Waals surface area contributed by atoms with Crippen LogP contribution >= 0.6 is 0 Å². The summed E-state index contributed by atoms with van der Waals surface area (Å²) in [4.78, 5) is 37.8. The van der Waals surface area contributed by atoms with Crippen LogP contribution in [0.25, 0.3) is 0 Å². The number of carbonyl (C=O) groups is 3. The van der Waals surface area contributed by atoms with E-state index in [1.165, 1.54) is 7.11 Å². The Hall–Kier alpha value is -1.59. The van der Waals surface area contributed by atoms with Crippen molar-refractivity contribution in [1.82, 2.24) is 10.2 Å². The zero-order valence-electron chi connectivity index (χ0n) is 14.8. The molecule has 2 atom stereocenters. The van der Waals surface area contributed by atoms with Crippen molar-refractivity contribution < 1.29 is 19.1 Å². The van der Waals surface area contributed by atoms with Crippen LogP contribution in [0.3, 0.4) is 0 Å². The van der Waals surface area contributed by atoms with Gasteiger partial charge in [-0.3, -0.25) is 9.59 Å². The van der Waals surface area contributed by atoms with Crippen LogP contribution in [-0.2, 0) is 19.1 Å². The Labute approximate surface area is 138 Å². The van der Waals surface area contributed by atoms with Gasteiger partial charge in [0.1, 0.15) is 6.04 Å². The maximum absolute atomic E-state index is 12.1. The second-order valence-electron chi connectivity index (χ2n) is 6.87. The highest BCUT2D eigenvalue weighted by Crippen LogP contribution is 2.15. The molecule has 0 aromatic heterocycles. The van der Waals surface area contributed by atoms with Gasteiger partial charge < -0.3 is 15.0 Å². The van der Waals surface area contributed by atoms with E-state index in [2.05, 4.69) is 5.32 Å². The van der Waals surface area contributed by atoms with Gasteiger partial charge in [-0.2, -0.15) is 0 Å². The van der Waals surface area contributed by atoms with E-state index in [-0.39, 0.29) is 30.1 Å². The van der Waals surface area contributed by atoms with Gasteiger partial charge in [0.05, 0.1) is 7.11 Å². The van der Waals surface area contributed by atoms with Crippen molar-refractivity contribution in [2.75, 3.05) is 20.2 Å². The zero-order chi connectivity index (χ0) is 17.4. The lowest BCUT2D eigenvalue weighted by Gasteiger charge is -2.21. The van der Waals surface area contributed by atoms with E-state index in [1.807, 2.05) is 25.7 Å². The standard InChI is InChI=1S/C17H30N2O4/c1-12(2)9-14(17(22)23-4)18-15(20)10-13(3)11-16(21)19-7-5-6-8-19/h12-14H,5-11H2,1-4H3,(H,18,20). The molecular formula is C17H30N2O4. The van der Waals surface area contributed by atoms with Gasteiger partial charge in [-0.05, 0) is 31.1 Å². The maximum atomic E-state index is 12.1. The fourth-order valence-corrected chi connectivity index (χ4v) is 2.86. The molecule has 1 aliphatic heterocycles. The number of likely N-dealkylation sites (tertiary alicyclic amines) is 1. The number of hydrogen-bond donors (Lipinski definition) is 1. The third-order valence-electron chi connectivity index (χ3n) is 4.04. The molecule has 0 bridgehead atoms. The predicted molar refractivity (Wildman–Crippen MR) is 87.6 cm³/mol. The Morgan fingerprint density at radius 2 is 1.70 bits per heavy atom. The fraction of sp³-hybridized carbons (Fsp3) is 0.824. The average molecular weight is 326 g/mol. The molecule has 1 saturated heterocycles. The van der Waals surface area contributed by atoms with Crippen LogP contribution in [0.1, 0.15) is 52.9 Å². The van der Waals surface area contributed by atoms with E-state index in [0.29, 0.717) is 12.8 Å². The summed E-state index contributed by atoms with van der Waals surface area (Å²) in [6, 6.07) is -0.617. The number of nitrogens with zero attached hydrogens (tertiary/aromatic N) is 1. The number of carbonyl (C=O) groups excluding carboxylic acids is 3. The zero-order valence-corrected chi connectivity index (χ0v) is 14.8. The van der Waals surface area contributed by atoms with Gasteiger partial charge in [-0.1, -0.05) is 20.8 Å². The predicted octanol–water partition coefficient (Wildman–Crippen LogP) is 1.73. The Kier molecular flexibility index (Phi) is 8.06. The molecule has 0 aromatic carbocycles. The number of amides is 2. The lowest BCUT2D eigenvalue weighted by atomic mass is 10.0. The summed E-state index contributed by atoms with van der Waals surface area (Å²) in [7, 11) is 1.32.